The third-order valence-electron chi connectivity index (χ3n) is 4.71. The van der Waals surface area contributed by atoms with Crippen LogP contribution in [0.1, 0.15) is 30.4 Å². The Bertz CT molecular complexity index is 526. The summed E-state index contributed by atoms with van der Waals surface area (Å²) in [7, 11) is 0. The van der Waals surface area contributed by atoms with Crippen LogP contribution in [0.5, 0.6) is 0 Å². The van der Waals surface area contributed by atoms with Crippen molar-refractivity contribution in [1.29, 1.82) is 5.26 Å². The number of likely N-dealkylation sites (tertiary alicyclic amines) is 1. The SMILES string of the molecule is N#Cc1cccc(CN2CCC[C@@H]2[C@H]2COCC[C@H]2O)c1. The highest BCUT2D eigenvalue weighted by atomic mass is 16.5. The topological polar surface area (TPSA) is 56.5 Å². The molecule has 0 saturated carbocycles. The Balaban J connectivity index is 1.70. The van der Waals surface area contributed by atoms with Crippen molar-refractivity contribution >= 4 is 0 Å². The molecule has 0 radical (unpaired) electrons. The highest BCUT2D eigenvalue weighted by Crippen LogP contribution is 2.31. The molecule has 0 aliphatic carbocycles. The molecule has 1 N–H and O–H groups in total. The van der Waals surface area contributed by atoms with Gasteiger partial charge in [0.25, 0.3) is 0 Å². The molecular formula is C17H22N2O2. The van der Waals surface area contributed by atoms with Crippen molar-refractivity contribution in [3.05, 3.63) is 35.4 Å². The fourth-order valence-corrected chi connectivity index (χ4v) is 3.62. The van der Waals surface area contributed by atoms with Gasteiger partial charge in [-0.05, 0) is 43.5 Å². The largest absolute Gasteiger partial charge is 0.393 e. The summed E-state index contributed by atoms with van der Waals surface area (Å²) in [6.07, 6.45) is 2.81. The fourth-order valence-electron chi connectivity index (χ4n) is 3.62. The molecule has 0 unspecified atom stereocenters. The van der Waals surface area contributed by atoms with Gasteiger partial charge in [0, 0.05) is 25.1 Å². The van der Waals surface area contributed by atoms with Gasteiger partial charge in [-0.1, -0.05) is 12.1 Å². The van der Waals surface area contributed by atoms with Gasteiger partial charge in [0.2, 0.25) is 0 Å². The Morgan fingerprint density at radius 3 is 3.10 bits per heavy atom. The molecule has 4 heteroatoms. The van der Waals surface area contributed by atoms with E-state index in [1.54, 1.807) is 0 Å². The Morgan fingerprint density at radius 2 is 2.29 bits per heavy atom. The zero-order chi connectivity index (χ0) is 14.7. The predicted molar refractivity (Wildman–Crippen MR) is 79.5 cm³/mol. The second kappa shape index (κ2) is 6.57. The van der Waals surface area contributed by atoms with Gasteiger partial charge in [-0.2, -0.15) is 5.26 Å². The van der Waals surface area contributed by atoms with Crippen LogP contribution < -0.4 is 0 Å². The van der Waals surface area contributed by atoms with Crippen molar-refractivity contribution in [3.8, 4) is 6.07 Å². The van der Waals surface area contributed by atoms with E-state index >= 15 is 0 Å². The van der Waals surface area contributed by atoms with Crippen LogP contribution >= 0.6 is 0 Å². The molecule has 3 atom stereocenters. The molecular weight excluding hydrogens is 264 g/mol. The summed E-state index contributed by atoms with van der Waals surface area (Å²) < 4.78 is 5.57. The lowest BCUT2D eigenvalue weighted by Gasteiger charge is -2.37. The molecule has 1 aromatic carbocycles. The summed E-state index contributed by atoms with van der Waals surface area (Å²) in [4.78, 5) is 2.44. The van der Waals surface area contributed by atoms with Gasteiger partial charge in [-0.15, -0.1) is 0 Å². The second-order valence-corrected chi connectivity index (χ2v) is 6.09. The van der Waals surface area contributed by atoms with E-state index in [1.807, 2.05) is 18.2 Å². The number of rotatable bonds is 3. The van der Waals surface area contributed by atoms with E-state index in [4.69, 9.17) is 10.00 Å². The highest BCUT2D eigenvalue weighted by Gasteiger charge is 2.37. The zero-order valence-electron chi connectivity index (χ0n) is 12.2. The van der Waals surface area contributed by atoms with Gasteiger partial charge in [-0.3, -0.25) is 4.90 Å². The Kier molecular flexibility index (Phi) is 4.54. The highest BCUT2D eigenvalue weighted by molar-refractivity contribution is 5.32. The van der Waals surface area contributed by atoms with Crippen molar-refractivity contribution in [2.75, 3.05) is 19.8 Å². The van der Waals surface area contributed by atoms with Crippen LogP contribution in [0.15, 0.2) is 24.3 Å². The Morgan fingerprint density at radius 1 is 1.38 bits per heavy atom. The van der Waals surface area contributed by atoms with Gasteiger partial charge >= 0.3 is 0 Å². The molecule has 0 spiro atoms. The summed E-state index contributed by atoms with van der Waals surface area (Å²) >= 11 is 0. The van der Waals surface area contributed by atoms with Crippen molar-refractivity contribution in [1.82, 2.24) is 4.90 Å². The average molecular weight is 286 g/mol. The minimum Gasteiger partial charge on any atom is -0.393 e. The van der Waals surface area contributed by atoms with Gasteiger partial charge in [0.05, 0.1) is 24.3 Å². The minimum absolute atomic E-state index is 0.223. The van der Waals surface area contributed by atoms with Gasteiger partial charge in [0.1, 0.15) is 0 Å². The number of hydrogen-bond acceptors (Lipinski definition) is 4. The summed E-state index contributed by atoms with van der Waals surface area (Å²) in [6.45, 7) is 3.25. The molecule has 112 valence electrons. The first kappa shape index (κ1) is 14.5. The first-order valence-corrected chi connectivity index (χ1v) is 7.77. The van der Waals surface area contributed by atoms with Crippen LogP contribution in [0, 0.1) is 17.2 Å². The van der Waals surface area contributed by atoms with Crippen LogP contribution in [0.3, 0.4) is 0 Å². The van der Waals surface area contributed by atoms with Crippen LogP contribution in [0.25, 0.3) is 0 Å². The molecule has 1 aromatic rings. The van der Waals surface area contributed by atoms with E-state index in [0.717, 1.165) is 25.9 Å². The normalized spacial score (nSPS) is 30.2. The molecule has 2 fully saturated rings. The summed E-state index contributed by atoms with van der Waals surface area (Å²) in [5.41, 5.74) is 1.89. The summed E-state index contributed by atoms with van der Waals surface area (Å²) in [5.74, 6) is 0.223. The molecule has 3 rings (SSSR count). The van der Waals surface area contributed by atoms with E-state index in [1.165, 1.54) is 12.0 Å². The van der Waals surface area contributed by atoms with Crippen LogP contribution in [-0.4, -0.2) is 41.9 Å². The van der Waals surface area contributed by atoms with Crippen LogP contribution in [0.4, 0.5) is 0 Å². The summed E-state index contributed by atoms with van der Waals surface area (Å²) in [5, 5.41) is 19.2. The standard InChI is InChI=1S/C17H22N2O2/c18-10-13-3-1-4-14(9-13)11-19-7-2-5-16(19)15-12-21-8-6-17(15)20/h1,3-4,9,15-17,20H,2,5-8,11-12H2/t15-,16-,17-/m1/s1. The number of ether oxygens (including phenoxy) is 1. The molecule has 0 aromatic heterocycles. The van der Waals surface area contributed by atoms with Crippen molar-refractivity contribution in [2.24, 2.45) is 5.92 Å². The maximum atomic E-state index is 10.2. The molecule has 0 amide bonds. The van der Waals surface area contributed by atoms with E-state index < -0.39 is 0 Å². The van der Waals surface area contributed by atoms with E-state index in [0.29, 0.717) is 24.8 Å². The summed E-state index contributed by atoms with van der Waals surface area (Å²) in [6, 6.07) is 10.4. The smallest absolute Gasteiger partial charge is 0.0991 e. The van der Waals surface area contributed by atoms with Crippen LogP contribution in [-0.2, 0) is 11.3 Å². The number of benzene rings is 1. The van der Waals surface area contributed by atoms with E-state index in [2.05, 4.69) is 17.0 Å². The number of nitriles is 1. The first-order chi connectivity index (χ1) is 10.3. The predicted octanol–water partition coefficient (Wildman–Crippen LogP) is 1.92. The van der Waals surface area contributed by atoms with Gasteiger partial charge in [0.15, 0.2) is 0 Å². The lowest BCUT2D eigenvalue weighted by atomic mass is 9.89. The number of hydrogen-bond donors (Lipinski definition) is 1. The lowest BCUT2D eigenvalue weighted by molar-refractivity contribution is -0.0636. The third kappa shape index (κ3) is 3.26. The molecule has 2 aliphatic rings. The van der Waals surface area contributed by atoms with Crippen molar-refractivity contribution in [2.45, 2.75) is 38.0 Å². The molecule has 2 saturated heterocycles. The molecule has 0 bridgehead atoms. The molecule has 4 nitrogen and oxygen atoms in total. The Hall–Kier alpha value is -1.41. The quantitative estimate of drug-likeness (QED) is 0.922. The maximum absolute atomic E-state index is 10.2. The minimum atomic E-state index is -0.241. The average Bonchev–Trinajstić information content (AvgIpc) is 2.96. The van der Waals surface area contributed by atoms with Crippen molar-refractivity contribution < 1.29 is 9.84 Å². The fraction of sp³-hybridized carbons (Fsp3) is 0.588. The van der Waals surface area contributed by atoms with Crippen LogP contribution in [0.2, 0.25) is 0 Å². The first-order valence-electron chi connectivity index (χ1n) is 7.77. The van der Waals surface area contributed by atoms with Gasteiger partial charge in [-0.25, -0.2) is 0 Å². The number of aliphatic hydroxyl groups is 1. The molecule has 2 aliphatic heterocycles. The van der Waals surface area contributed by atoms with Gasteiger partial charge < -0.3 is 9.84 Å². The maximum Gasteiger partial charge on any atom is 0.0991 e. The monoisotopic (exact) mass is 286 g/mol. The molecule has 21 heavy (non-hydrogen) atoms. The van der Waals surface area contributed by atoms with Crippen molar-refractivity contribution in [3.63, 3.8) is 0 Å². The second-order valence-electron chi connectivity index (χ2n) is 6.09. The number of nitrogens with zero attached hydrogens (tertiary/aromatic N) is 2. The Labute approximate surface area is 125 Å². The number of aliphatic hydroxyl groups excluding tert-OH is 1. The van der Waals surface area contributed by atoms with E-state index in [9.17, 15) is 5.11 Å². The lowest BCUT2D eigenvalue weighted by Crippen LogP contribution is -2.45. The molecule has 2 heterocycles. The van der Waals surface area contributed by atoms with E-state index in [-0.39, 0.29) is 12.0 Å². The zero-order valence-corrected chi connectivity index (χ0v) is 12.2. The third-order valence-corrected chi connectivity index (χ3v) is 4.71.